The number of carbonyl (C=O) groups excluding carboxylic acids is 3. The number of methoxy groups -OCH3 is 1. The lowest BCUT2D eigenvalue weighted by molar-refractivity contribution is -0.145. The van der Waals surface area contributed by atoms with Crippen LogP contribution in [0.3, 0.4) is 0 Å². The maximum Gasteiger partial charge on any atom is 0.415 e. The van der Waals surface area contributed by atoms with Crippen LogP contribution in [0, 0.1) is 5.82 Å². The third-order valence-electron chi connectivity index (χ3n) is 4.55. The van der Waals surface area contributed by atoms with Crippen LogP contribution in [0.2, 0.25) is 0 Å². The van der Waals surface area contributed by atoms with E-state index in [1.54, 1.807) is 26.8 Å². The Balaban J connectivity index is 2.31. The number of ether oxygens (including phenoxy) is 2. The Hall–Kier alpha value is -3.42. The lowest BCUT2D eigenvalue weighted by Crippen LogP contribution is -2.54. The average Bonchev–Trinajstić information content (AvgIpc) is 2.73. The van der Waals surface area contributed by atoms with Gasteiger partial charge in [-0.2, -0.15) is 0 Å². The lowest BCUT2D eigenvalue weighted by atomic mass is 10.1. The highest BCUT2D eigenvalue weighted by Crippen LogP contribution is 2.24. The van der Waals surface area contributed by atoms with E-state index in [2.05, 4.69) is 5.32 Å². The molecule has 2 aromatic rings. The van der Waals surface area contributed by atoms with Crippen molar-refractivity contribution in [3.05, 3.63) is 66.0 Å². The molecule has 0 bridgehead atoms. The van der Waals surface area contributed by atoms with Crippen LogP contribution in [0.5, 0.6) is 0 Å². The quantitative estimate of drug-likeness (QED) is 0.656. The summed E-state index contributed by atoms with van der Waals surface area (Å²) in [7, 11) is 1.22. The molecule has 0 saturated heterocycles. The molecule has 0 radical (unpaired) electrons. The molecule has 0 saturated carbocycles. The van der Waals surface area contributed by atoms with E-state index in [-0.39, 0.29) is 12.1 Å². The van der Waals surface area contributed by atoms with Gasteiger partial charge in [0.25, 0.3) is 0 Å². The van der Waals surface area contributed by atoms with Crippen molar-refractivity contribution in [2.24, 2.45) is 0 Å². The number of hydrogen-bond acceptors (Lipinski definition) is 5. The molecule has 1 N–H and O–H groups in total. The number of rotatable bonds is 7. The van der Waals surface area contributed by atoms with Gasteiger partial charge in [0.05, 0.1) is 12.8 Å². The van der Waals surface area contributed by atoms with E-state index in [1.165, 1.54) is 32.2 Å². The number of anilines is 1. The molecule has 2 rings (SSSR count). The summed E-state index contributed by atoms with van der Waals surface area (Å²) in [5.41, 5.74) is -0.158. The second-order valence-corrected chi connectivity index (χ2v) is 8.25. The number of nitrogens with zero attached hydrogens (tertiary/aromatic N) is 1. The Kier molecular flexibility index (Phi) is 8.34. The van der Waals surface area contributed by atoms with E-state index in [9.17, 15) is 18.8 Å². The predicted octanol–water partition coefficient (Wildman–Crippen LogP) is 3.86. The molecular formula is C24H29FN2O5. The Morgan fingerprint density at radius 1 is 1.03 bits per heavy atom. The van der Waals surface area contributed by atoms with Crippen molar-refractivity contribution in [3.63, 3.8) is 0 Å². The van der Waals surface area contributed by atoms with Crippen molar-refractivity contribution in [1.29, 1.82) is 0 Å². The second kappa shape index (κ2) is 10.7. The number of esters is 1. The number of amides is 2. The average molecular weight is 445 g/mol. The summed E-state index contributed by atoms with van der Waals surface area (Å²) in [6.45, 7) is 6.44. The normalized spacial score (nSPS) is 12.9. The topological polar surface area (TPSA) is 84.9 Å². The first-order valence-electron chi connectivity index (χ1n) is 10.2. The van der Waals surface area contributed by atoms with Gasteiger partial charge in [0, 0.05) is 6.42 Å². The van der Waals surface area contributed by atoms with Gasteiger partial charge < -0.3 is 14.8 Å². The third kappa shape index (κ3) is 6.80. The summed E-state index contributed by atoms with van der Waals surface area (Å²) in [6.07, 6.45) is -0.694. The van der Waals surface area contributed by atoms with Crippen molar-refractivity contribution in [1.82, 2.24) is 5.32 Å². The number of carbonyl (C=O) groups is 3. The minimum atomic E-state index is -1.18. The summed E-state index contributed by atoms with van der Waals surface area (Å²) >= 11 is 0. The van der Waals surface area contributed by atoms with Crippen LogP contribution in [-0.2, 0) is 25.5 Å². The molecule has 8 heteroatoms. The summed E-state index contributed by atoms with van der Waals surface area (Å²) in [4.78, 5) is 39.2. The molecule has 32 heavy (non-hydrogen) atoms. The SMILES string of the molecule is COC(=O)[C@H](Cc1ccccc1)NC(=O)[C@@H](C)N(C(=O)OC(C)(C)C)c1ccccc1F. The van der Waals surface area contributed by atoms with Crippen LogP contribution in [-0.4, -0.2) is 42.8 Å². The zero-order chi connectivity index (χ0) is 23.9. The zero-order valence-electron chi connectivity index (χ0n) is 18.9. The minimum Gasteiger partial charge on any atom is -0.467 e. The van der Waals surface area contributed by atoms with E-state index < -0.39 is 41.5 Å². The van der Waals surface area contributed by atoms with Crippen LogP contribution in [0.4, 0.5) is 14.9 Å². The molecule has 2 atom stereocenters. The van der Waals surface area contributed by atoms with Crippen LogP contribution in [0.25, 0.3) is 0 Å². The van der Waals surface area contributed by atoms with E-state index >= 15 is 0 Å². The highest BCUT2D eigenvalue weighted by molar-refractivity contribution is 5.98. The zero-order valence-corrected chi connectivity index (χ0v) is 18.9. The van der Waals surface area contributed by atoms with Crippen molar-refractivity contribution < 1.29 is 28.2 Å². The first kappa shape index (κ1) is 24.8. The number of halogens is 1. The largest absolute Gasteiger partial charge is 0.467 e. The Morgan fingerprint density at radius 3 is 2.19 bits per heavy atom. The molecule has 2 amide bonds. The maximum absolute atomic E-state index is 14.5. The highest BCUT2D eigenvalue weighted by atomic mass is 19.1. The molecule has 0 aliphatic carbocycles. The van der Waals surface area contributed by atoms with Crippen LogP contribution < -0.4 is 10.2 Å². The third-order valence-corrected chi connectivity index (χ3v) is 4.55. The van der Waals surface area contributed by atoms with Crippen LogP contribution >= 0.6 is 0 Å². The van der Waals surface area contributed by atoms with Crippen molar-refractivity contribution in [2.45, 2.75) is 51.8 Å². The van der Waals surface area contributed by atoms with E-state index in [1.807, 2.05) is 30.3 Å². The van der Waals surface area contributed by atoms with Gasteiger partial charge in [-0.05, 0) is 45.4 Å². The van der Waals surface area contributed by atoms with Gasteiger partial charge in [-0.15, -0.1) is 0 Å². The van der Waals surface area contributed by atoms with Gasteiger partial charge in [0.2, 0.25) is 5.91 Å². The molecule has 2 aromatic carbocycles. The van der Waals surface area contributed by atoms with Gasteiger partial charge in [0.1, 0.15) is 23.5 Å². The fourth-order valence-corrected chi connectivity index (χ4v) is 3.02. The molecule has 0 fully saturated rings. The van der Waals surface area contributed by atoms with Gasteiger partial charge in [-0.1, -0.05) is 42.5 Å². The molecule has 172 valence electrons. The second-order valence-electron chi connectivity index (χ2n) is 8.25. The van der Waals surface area contributed by atoms with Gasteiger partial charge in [-0.25, -0.2) is 14.0 Å². The summed E-state index contributed by atoms with van der Waals surface area (Å²) in [5.74, 6) is -1.98. The Bertz CT molecular complexity index is 943. The summed E-state index contributed by atoms with van der Waals surface area (Å²) in [6, 6.07) is 12.5. The fraction of sp³-hybridized carbons (Fsp3) is 0.375. The first-order valence-corrected chi connectivity index (χ1v) is 10.2. The number of hydrogen-bond donors (Lipinski definition) is 1. The summed E-state index contributed by atoms with van der Waals surface area (Å²) in [5, 5.41) is 2.62. The van der Waals surface area contributed by atoms with Crippen molar-refractivity contribution >= 4 is 23.7 Å². The number of benzene rings is 2. The molecule has 7 nitrogen and oxygen atoms in total. The van der Waals surface area contributed by atoms with Crippen LogP contribution in [0.15, 0.2) is 54.6 Å². The molecule has 0 unspecified atom stereocenters. The fourth-order valence-electron chi connectivity index (χ4n) is 3.02. The summed E-state index contributed by atoms with van der Waals surface area (Å²) < 4.78 is 24.8. The predicted molar refractivity (Wildman–Crippen MR) is 119 cm³/mol. The minimum absolute atomic E-state index is 0.109. The lowest BCUT2D eigenvalue weighted by Gasteiger charge is -2.32. The molecule has 0 heterocycles. The monoisotopic (exact) mass is 444 g/mol. The van der Waals surface area contributed by atoms with E-state index in [4.69, 9.17) is 9.47 Å². The molecule has 0 aliphatic rings. The molecular weight excluding hydrogens is 415 g/mol. The smallest absolute Gasteiger partial charge is 0.415 e. The number of para-hydroxylation sites is 1. The standard InChI is InChI=1S/C24H29FN2O5/c1-16(21(28)26-19(22(29)31-5)15-17-11-7-6-8-12-17)27(23(30)32-24(2,3)4)20-14-10-9-13-18(20)25/h6-14,16,19H,15H2,1-5H3,(H,26,28)/t16-,19+/m1/s1. The Labute approximate surface area is 187 Å². The first-order chi connectivity index (χ1) is 15.0. The highest BCUT2D eigenvalue weighted by Gasteiger charge is 2.34. The van der Waals surface area contributed by atoms with Gasteiger partial charge >= 0.3 is 12.1 Å². The number of nitrogens with one attached hydrogen (secondary N) is 1. The molecule has 0 aromatic heterocycles. The van der Waals surface area contributed by atoms with Gasteiger partial charge in [-0.3, -0.25) is 9.69 Å². The van der Waals surface area contributed by atoms with Gasteiger partial charge in [0.15, 0.2) is 0 Å². The van der Waals surface area contributed by atoms with Crippen molar-refractivity contribution in [2.75, 3.05) is 12.0 Å². The van der Waals surface area contributed by atoms with E-state index in [0.717, 1.165) is 10.5 Å². The Morgan fingerprint density at radius 2 is 1.62 bits per heavy atom. The maximum atomic E-state index is 14.5. The van der Waals surface area contributed by atoms with Crippen LogP contribution in [0.1, 0.15) is 33.3 Å². The molecule has 0 spiro atoms. The van der Waals surface area contributed by atoms with Crippen molar-refractivity contribution in [3.8, 4) is 0 Å². The molecule has 0 aliphatic heterocycles. The van der Waals surface area contributed by atoms with E-state index in [0.29, 0.717) is 0 Å².